The number of hydrogen-bond acceptors (Lipinski definition) is 1. The van der Waals surface area contributed by atoms with Gasteiger partial charge in [0.05, 0.1) is 0 Å². The molecule has 4 aliphatic carbocycles. The molecular formula is C18H33N. The Morgan fingerprint density at radius 1 is 0.737 bits per heavy atom. The van der Waals surface area contributed by atoms with Crippen molar-refractivity contribution in [3.8, 4) is 0 Å². The lowest BCUT2D eigenvalue weighted by Gasteiger charge is -2.46. The minimum atomic E-state index is 0.790. The van der Waals surface area contributed by atoms with E-state index in [1.165, 1.54) is 19.5 Å². The Balaban J connectivity index is 0.000000117. The summed E-state index contributed by atoms with van der Waals surface area (Å²) in [6, 6.07) is 0.790. The highest BCUT2D eigenvalue weighted by Crippen LogP contribution is 2.49. The van der Waals surface area contributed by atoms with Crippen LogP contribution in [0.1, 0.15) is 59.8 Å². The summed E-state index contributed by atoms with van der Waals surface area (Å²) in [6.07, 6.45) is 7.78. The first kappa shape index (κ1) is 13.9. The normalized spacial score (nSPS) is 43.6. The Morgan fingerprint density at radius 2 is 1.26 bits per heavy atom. The zero-order chi connectivity index (χ0) is 13.6. The van der Waals surface area contributed by atoms with E-state index < -0.39 is 0 Å². The second-order valence-corrected chi connectivity index (χ2v) is 8.48. The number of hydrogen-bond donors (Lipinski definition) is 0. The van der Waals surface area contributed by atoms with Crippen LogP contribution in [0.3, 0.4) is 0 Å². The average molecular weight is 263 g/mol. The summed E-state index contributed by atoms with van der Waals surface area (Å²) in [6.45, 7) is 12.1. The molecule has 1 heteroatoms. The topological polar surface area (TPSA) is 3.24 Å². The molecule has 110 valence electrons. The largest absolute Gasteiger partial charge is 0.300 e. The average Bonchev–Trinajstić information content (AvgIpc) is 2.96. The van der Waals surface area contributed by atoms with Crippen LogP contribution in [-0.4, -0.2) is 24.0 Å². The summed E-state index contributed by atoms with van der Waals surface area (Å²) in [7, 11) is 0. The highest BCUT2D eigenvalue weighted by molar-refractivity contribution is 4.97. The summed E-state index contributed by atoms with van der Waals surface area (Å²) >= 11 is 0. The van der Waals surface area contributed by atoms with E-state index in [2.05, 4.69) is 32.6 Å². The summed E-state index contributed by atoms with van der Waals surface area (Å²) in [5.41, 5.74) is 0. The molecule has 0 aromatic heterocycles. The monoisotopic (exact) mass is 263 g/mol. The van der Waals surface area contributed by atoms with E-state index in [0.29, 0.717) is 0 Å². The molecule has 0 amide bonds. The smallest absolute Gasteiger partial charge is 0.00388 e. The molecule has 1 saturated heterocycles. The predicted octanol–water partition coefficient (Wildman–Crippen LogP) is 4.43. The SMILES string of the molecule is CC(C)C1CC2CC(C2)C1.CC(C)N1CC2CC2C1. The molecule has 0 N–H and O–H groups in total. The van der Waals surface area contributed by atoms with Crippen LogP contribution in [0, 0.1) is 35.5 Å². The molecule has 0 aromatic rings. The molecule has 5 rings (SSSR count). The van der Waals surface area contributed by atoms with E-state index in [1.807, 2.05) is 0 Å². The van der Waals surface area contributed by atoms with Crippen LogP contribution in [-0.2, 0) is 0 Å². The number of nitrogens with zero attached hydrogens (tertiary/aromatic N) is 1. The first-order valence-corrected chi connectivity index (χ1v) is 8.77. The van der Waals surface area contributed by atoms with Gasteiger partial charge in [-0.15, -0.1) is 0 Å². The van der Waals surface area contributed by atoms with Gasteiger partial charge in [-0.1, -0.05) is 13.8 Å². The van der Waals surface area contributed by atoms with E-state index in [4.69, 9.17) is 0 Å². The van der Waals surface area contributed by atoms with Crippen LogP contribution >= 0.6 is 0 Å². The van der Waals surface area contributed by atoms with Gasteiger partial charge in [-0.25, -0.2) is 0 Å². The lowest BCUT2D eigenvalue weighted by molar-refractivity contribution is 0.0469. The van der Waals surface area contributed by atoms with Gasteiger partial charge in [-0.2, -0.15) is 0 Å². The molecule has 2 bridgehead atoms. The molecule has 5 fully saturated rings. The van der Waals surface area contributed by atoms with Gasteiger partial charge >= 0.3 is 0 Å². The van der Waals surface area contributed by atoms with E-state index in [9.17, 15) is 0 Å². The van der Waals surface area contributed by atoms with Gasteiger partial charge in [-0.3, -0.25) is 0 Å². The first-order chi connectivity index (χ1) is 9.02. The van der Waals surface area contributed by atoms with E-state index in [1.54, 1.807) is 25.7 Å². The van der Waals surface area contributed by atoms with Gasteiger partial charge in [0.15, 0.2) is 0 Å². The fraction of sp³-hybridized carbons (Fsp3) is 1.00. The van der Waals surface area contributed by atoms with Gasteiger partial charge in [0, 0.05) is 19.1 Å². The standard InChI is InChI=1S/C10H18.C8H15N/c1-7(2)10-5-8-3-9(4-8)6-10;1-6(2)9-4-7-3-8(7)5-9/h7-10H,3-6H2,1-2H3;6-8H,3-5H2,1-2H3. The second-order valence-electron chi connectivity index (χ2n) is 8.48. The summed E-state index contributed by atoms with van der Waals surface area (Å²) in [4.78, 5) is 2.60. The van der Waals surface area contributed by atoms with Crippen molar-refractivity contribution < 1.29 is 0 Å². The molecule has 5 aliphatic rings. The van der Waals surface area contributed by atoms with Gasteiger partial charge in [0.2, 0.25) is 0 Å². The Labute approximate surface area is 120 Å². The van der Waals surface area contributed by atoms with Gasteiger partial charge in [0.25, 0.3) is 0 Å². The number of likely N-dealkylation sites (tertiary alicyclic amines) is 1. The zero-order valence-corrected chi connectivity index (χ0v) is 13.4. The van der Waals surface area contributed by atoms with Crippen molar-refractivity contribution in [3.63, 3.8) is 0 Å². The molecule has 2 unspecified atom stereocenters. The third-order valence-corrected chi connectivity index (χ3v) is 6.29. The van der Waals surface area contributed by atoms with Crippen LogP contribution < -0.4 is 0 Å². The van der Waals surface area contributed by atoms with Crippen molar-refractivity contribution in [1.29, 1.82) is 0 Å². The first-order valence-electron chi connectivity index (χ1n) is 8.77. The Kier molecular flexibility index (Phi) is 3.95. The van der Waals surface area contributed by atoms with Crippen molar-refractivity contribution in [1.82, 2.24) is 4.90 Å². The maximum absolute atomic E-state index is 2.60. The van der Waals surface area contributed by atoms with Crippen LogP contribution in [0.15, 0.2) is 0 Å². The maximum atomic E-state index is 2.60. The fourth-order valence-corrected chi connectivity index (χ4v) is 4.61. The molecule has 1 nitrogen and oxygen atoms in total. The highest BCUT2D eigenvalue weighted by atomic mass is 15.2. The van der Waals surface area contributed by atoms with Crippen molar-refractivity contribution in [3.05, 3.63) is 0 Å². The lowest BCUT2D eigenvalue weighted by Crippen LogP contribution is -2.35. The van der Waals surface area contributed by atoms with E-state index >= 15 is 0 Å². The van der Waals surface area contributed by atoms with Crippen molar-refractivity contribution in [2.75, 3.05) is 13.1 Å². The number of piperidine rings is 1. The summed E-state index contributed by atoms with van der Waals surface area (Å²) < 4.78 is 0. The molecule has 0 radical (unpaired) electrons. The molecule has 1 aliphatic heterocycles. The Hall–Kier alpha value is -0.0400. The lowest BCUT2D eigenvalue weighted by atomic mass is 9.59. The highest BCUT2D eigenvalue weighted by Gasteiger charge is 2.45. The molecule has 1 heterocycles. The van der Waals surface area contributed by atoms with Crippen molar-refractivity contribution in [2.24, 2.45) is 35.5 Å². The Morgan fingerprint density at radius 3 is 1.58 bits per heavy atom. The zero-order valence-electron chi connectivity index (χ0n) is 13.4. The van der Waals surface area contributed by atoms with Crippen LogP contribution in [0.25, 0.3) is 0 Å². The quantitative estimate of drug-likeness (QED) is 0.712. The predicted molar refractivity (Wildman–Crippen MR) is 82.1 cm³/mol. The summed E-state index contributed by atoms with van der Waals surface area (Å²) in [5.74, 6) is 6.53. The van der Waals surface area contributed by atoms with E-state index in [0.717, 1.165) is 41.5 Å². The van der Waals surface area contributed by atoms with Gasteiger partial charge in [0.1, 0.15) is 0 Å². The van der Waals surface area contributed by atoms with Crippen LogP contribution in [0.2, 0.25) is 0 Å². The Bertz CT molecular complexity index is 283. The molecule has 4 saturated carbocycles. The molecule has 0 aromatic carbocycles. The summed E-state index contributed by atoms with van der Waals surface area (Å²) in [5, 5.41) is 0. The minimum absolute atomic E-state index is 0.790. The van der Waals surface area contributed by atoms with Gasteiger partial charge in [-0.05, 0) is 81.5 Å². The minimum Gasteiger partial charge on any atom is -0.300 e. The molecule has 0 spiro atoms. The van der Waals surface area contributed by atoms with E-state index in [-0.39, 0.29) is 0 Å². The molecule has 2 atom stereocenters. The molecular weight excluding hydrogens is 230 g/mol. The number of fused-ring (bicyclic) bond motifs is 3. The van der Waals surface area contributed by atoms with Crippen molar-refractivity contribution in [2.45, 2.75) is 65.8 Å². The van der Waals surface area contributed by atoms with Crippen molar-refractivity contribution >= 4 is 0 Å². The number of rotatable bonds is 2. The van der Waals surface area contributed by atoms with Gasteiger partial charge < -0.3 is 4.90 Å². The third-order valence-electron chi connectivity index (χ3n) is 6.29. The van der Waals surface area contributed by atoms with Crippen LogP contribution in [0.5, 0.6) is 0 Å². The van der Waals surface area contributed by atoms with Crippen LogP contribution in [0.4, 0.5) is 0 Å². The second kappa shape index (κ2) is 5.39. The third kappa shape index (κ3) is 3.17. The maximum Gasteiger partial charge on any atom is 0.00388 e. The molecule has 19 heavy (non-hydrogen) atoms. The fourth-order valence-electron chi connectivity index (χ4n) is 4.61.